The molecule has 7 heteroatoms. The van der Waals surface area contributed by atoms with Gasteiger partial charge in [0.1, 0.15) is 6.17 Å². The summed E-state index contributed by atoms with van der Waals surface area (Å²) in [4.78, 5) is 15.8. The standard InChI is InChI=1S/C11H13BrFN3O2/c12-7-3-8(5-14-4-7)15-10-1-2-16(11(17)18)6-9(10)13/h3-5,9-10,15H,1-2,6H2,(H,17,18)/t9-,10+/m0/s1. The molecular weight excluding hydrogens is 305 g/mol. The Kier molecular flexibility index (Phi) is 4.00. The van der Waals surface area contributed by atoms with Gasteiger partial charge in [-0.25, -0.2) is 9.18 Å². The number of piperidine rings is 1. The van der Waals surface area contributed by atoms with E-state index in [4.69, 9.17) is 5.11 Å². The van der Waals surface area contributed by atoms with Gasteiger partial charge in [0, 0.05) is 17.2 Å². The van der Waals surface area contributed by atoms with Gasteiger partial charge < -0.3 is 15.3 Å². The fraction of sp³-hybridized carbons (Fsp3) is 0.455. The van der Waals surface area contributed by atoms with E-state index in [1.54, 1.807) is 12.4 Å². The lowest BCUT2D eigenvalue weighted by molar-refractivity contribution is 0.101. The lowest BCUT2D eigenvalue weighted by atomic mass is 10.0. The molecule has 2 N–H and O–H groups in total. The number of hydrogen-bond donors (Lipinski definition) is 2. The molecule has 2 heterocycles. The van der Waals surface area contributed by atoms with Crippen LogP contribution in [0.15, 0.2) is 22.9 Å². The van der Waals surface area contributed by atoms with Crippen molar-refractivity contribution in [2.75, 3.05) is 18.4 Å². The summed E-state index contributed by atoms with van der Waals surface area (Å²) in [7, 11) is 0. The number of nitrogens with one attached hydrogen (secondary N) is 1. The second-order valence-corrected chi connectivity index (χ2v) is 5.09. The SMILES string of the molecule is O=C(O)N1CC[C@@H](Nc2cncc(Br)c2)[C@@H](F)C1. The average Bonchev–Trinajstić information content (AvgIpc) is 2.31. The van der Waals surface area contributed by atoms with E-state index in [0.29, 0.717) is 13.0 Å². The summed E-state index contributed by atoms with van der Waals surface area (Å²) in [5, 5.41) is 11.8. The Hall–Kier alpha value is -1.37. The van der Waals surface area contributed by atoms with Gasteiger partial charge in [-0.3, -0.25) is 4.98 Å². The molecule has 98 valence electrons. The predicted molar refractivity (Wildman–Crippen MR) is 68.5 cm³/mol. The van der Waals surface area contributed by atoms with Crippen molar-refractivity contribution < 1.29 is 14.3 Å². The first-order valence-corrected chi connectivity index (χ1v) is 6.34. The number of likely N-dealkylation sites (tertiary alicyclic amines) is 1. The smallest absolute Gasteiger partial charge is 0.407 e. The molecule has 1 fully saturated rings. The summed E-state index contributed by atoms with van der Waals surface area (Å²) in [5.74, 6) is 0. The van der Waals surface area contributed by atoms with Crippen LogP contribution in [0.25, 0.3) is 0 Å². The second-order valence-electron chi connectivity index (χ2n) is 4.18. The van der Waals surface area contributed by atoms with Crippen LogP contribution < -0.4 is 5.32 Å². The van der Waals surface area contributed by atoms with Gasteiger partial charge in [-0.15, -0.1) is 0 Å². The third-order valence-electron chi connectivity index (χ3n) is 2.87. The van der Waals surface area contributed by atoms with Crippen LogP contribution in [0.5, 0.6) is 0 Å². The predicted octanol–water partition coefficient (Wildman–Crippen LogP) is 2.35. The molecule has 0 radical (unpaired) electrons. The van der Waals surface area contributed by atoms with Crippen LogP contribution in [-0.4, -0.2) is 46.4 Å². The Balaban J connectivity index is 1.97. The summed E-state index contributed by atoms with van der Waals surface area (Å²) in [6.07, 6.45) is 1.42. The van der Waals surface area contributed by atoms with E-state index >= 15 is 0 Å². The van der Waals surface area contributed by atoms with Crippen molar-refractivity contribution in [3.8, 4) is 0 Å². The minimum Gasteiger partial charge on any atom is -0.465 e. The molecule has 0 spiro atoms. The minimum atomic E-state index is -1.21. The molecule has 1 aliphatic heterocycles. The van der Waals surface area contributed by atoms with Gasteiger partial charge in [0.05, 0.1) is 24.5 Å². The zero-order valence-corrected chi connectivity index (χ0v) is 11.1. The first kappa shape index (κ1) is 13.1. The first-order valence-electron chi connectivity index (χ1n) is 5.55. The fourth-order valence-corrected chi connectivity index (χ4v) is 2.31. The van der Waals surface area contributed by atoms with Crippen molar-refractivity contribution >= 4 is 27.7 Å². The van der Waals surface area contributed by atoms with E-state index in [9.17, 15) is 9.18 Å². The fourth-order valence-electron chi connectivity index (χ4n) is 1.95. The number of amides is 1. The minimum absolute atomic E-state index is 0.0889. The van der Waals surface area contributed by atoms with Crippen molar-refractivity contribution in [1.82, 2.24) is 9.88 Å². The zero-order valence-electron chi connectivity index (χ0n) is 9.51. The van der Waals surface area contributed by atoms with Crippen molar-refractivity contribution in [3.05, 3.63) is 22.9 Å². The Labute approximate surface area is 112 Å². The van der Waals surface area contributed by atoms with Gasteiger partial charge in [-0.1, -0.05) is 0 Å². The summed E-state index contributed by atoms with van der Waals surface area (Å²) in [6, 6.07) is 1.43. The molecule has 18 heavy (non-hydrogen) atoms. The van der Waals surface area contributed by atoms with Crippen LogP contribution >= 0.6 is 15.9 Å². The van der Waals surface area contributed by atoms with E-state index in [-0.39, 0.29) is 12.6 Å². The van der Waals surface area contributed by atoms with E-state index in [2.05, 4.69) is 26.2 Å². The second kappa shape index (κ2) is 5.51. The molecule has 0 aromatic carbocycles. The molecular formula is C11H13BrFN3O2. The third kappa shape index (κ3) is 3.10. The number of rotatable bonds is 2. The maximum absolute atomic E-state index is 13.8. The summed E-state index contributed by atoms with van der Waals surface area (Å²) >= 11 is 3.29. The highest BCUT2D eigenvalue weighted by molar-refractivity contribution is 9.10. The van der Waals surface area contributed by atoms with Gasteiger partial charge in [0.25, 0.3) is 0 Å². The Morgan fingerprint density at radius 3 is 3.00 bits per heavy atom. The van der Waals surface area contributed by atoms with Crippen LogP contribution in [0.2, 0.25) is 0 Å². The molecule has 1 aromatic heterocycles. The number of aromatic nitrogens is 1. The van der Waals surface area contributed by atoms with Crippen LogP contribution in [-0.2, 0) is 0 Å². The molecule has 2 rings (SSSR count). The number of halogens is 2. The van der Waals surface area contributed by atoms with Crippen LogP contribution in [0.4, 0.5) is 14.9 Å². The van der Waals surface area contributed by atoms with Gasteiger partial charge in [-0.2, -0.15) is 0 Å². The molecule has 0 saturated carbocycles. The number of carbonyl (C=O) groups is 1. The van der Waals surface area contributed by atoms with Crippen molar-refractivity contribution in [1.29, 1.82) is 0 Å². The number of pyridine rings is 1. The summed E-state index contributed by atoms with van der Waals surface area (Å²) < 4.78 is 14.7. The monoisotopic (exact) mass is 317 g/mol. The van der Waals surface area contributed by atoms with Crippen molar-refractivity contribution in [2.24, 2.45) is 0 Å². The normalized spacial score (nSPS) is 23.8. The molecule has 2 atom stereocenters. The molecule has 1 aromatic rings. The molecule has 5 nitrogen and oxygen atoms in total. The number of alkyl halides is 1. The first-order chi connectivity index (χ1) is 8.56. The Morgan fingerprint density at radius 2 is 2.39 bits per heavy atom. The maximum atomic E-state index is 13.8. The van der Waals surface area contributed by atoms with Crippen LogP contribution in [0.3, 0.4) is 0 Å². The molecule has 0 bridgehead atoms. The highest BCUT2D eigenvalue weighted by Crippen LogP contribution is 2.20. The average molecular weight is 318 g/mol. The highest BCUT2D eigenvalue weighted by Gasteiger charge is 2.31. The quantitative estimate of drug-likeness (QED) is 0.878. The molecule has 1 saturated heterocycles. The van der Waals surface area contributed by atoms with Gasteiger partial charge >= 0.3 is 6.09 Å². The molecule has 0 aliphatic carbocycles. The number of nitrogens with zero attached hydrogens (tertiary/aromatic N) is 2. The zero-order chi connectivity index (χ0) is 13.1. The van der Waals surface area contributed by atoms with Crippen LogP contribution in [0.1, 0.15) is 6.42 Å². The molecule has 0 unspecified atom stereocenters. The number of carboxylic acid groups (broad SMARTS) is 1. The third-order valence-corrected chi connectivity index (χ3v) is 3.30. The summed E-state index contributed by atoms with van der Waals surface area (Å²) in [5.41, 5.74) is 0.723. The lowest BCUT2D eigenvalue weighted by Crippen LogP contribution is -2.49. The van der Waals surface area contributed by atoms with E-state index in [1.807, 2.05) is 6.07 Å². The lowest BCUT2D eigenvalue weighted by Gasteiger charge is -2.33. The molecule has 1 amide bonds. The van der Waals surface area contributed by atoms with Crippen molar-refractivity contribution in [3.63, 3.8) is 0 Å². The summed E-state index contributed by atoms with van der Waals surface area (Å²) in [6.45, 7) is 0.253. The van der Waals surface area contributed by atoms with Gasteiger partial charge in [0.15, 0.2) is 0 Å². The largest absolute Gasteiger partial charge is 0.465 e. The van der Waals surface area contributed by atoms with Gasteiger partial charge in [-0.05, 0) is 28.4 Å². The van der Waals surface area contributed by atoms with E-state index in [0.717, 1.165) is 15.1 Å². The maximum Gasteiger partial charge on any atom is 0.407 e. The topological polar surface area (TPSA) is 65.5 Å². The van der Waals surface area contributed by atoms with E-state index in [1.165, 1.54) is 0 Å². The number of anilines is 1. The highest BCUT2D eigenvalue weighted by atomic mass is 79.9. The molecule has 1 aliphatic rings. The number of hydrogen-bond acceptors (Lipinski definition) is 3. The van der Waals surface area contributed by atoms with Gasteiger partial charge in [0.2, 0.25) is 0 Å². The Morgan fingerprint density at radius 1 is 1.61 bits per heavy atom. The van der Waals surface area contributed by atoms with Crippen molar-refractivity contribution in [2.45, 2.75) is 18.6 Å². The van der Waals surface area contributed by atoms with E-state index < -0.39 is 12.3 Å². The van der Waals surface area contributed by atoms with Crippen LogP contribution in [0, 0.1) is 0 Å². The Bertz CT molecular complexity index is 446.